The Balaban J connectivity index is 1.88. The molecule has 0 spiro atoms. The summed E-state index contributed by atoms with van der Waals surface area (Å²) in [6.07, 6.45) is 3.44. The zero-order chi connectivity index (χ0) is 19.3. The van der Waals surface area contributed by atoms with Gasteiger partial charge in [-0.3, -0.25) is 18.7 Å². The summed E-state index contributed by atoms with van der Waals surface area (Å²) in [7, 11) is 3.02. The normalized spacial score (nSPS) is 11.4. The summed E-state index contributed by atoms with van der Waals surface area (Å²) >= 11 is 0. The average molecular weight is 365 g/mol. The molecule has 0 unspecified atom stereocenters. The highest BCUT2D eigenvalue weighted by molar-refractivity contribution is 5.75. The largest absolute Gasteiger partial charge is 0.379 e. The molecule has 2 aromatic heterocycles. The van der Waals surface area contributed by atoms with Crippen LogP contribution in [0.15, 0.2) is 15.9 Å². The number of hydrogen-bond donors (Lipinski definition) is 1. The molecule has 2 aromatic rings. The van der Waals surface area contributed by atoms with Crippen LogP contribution >= 0.6 is 0 Å². The molecule has 0 aliphatic rings. The summed E-state index contributed by atoms with van der Waals surface area (Å²) < 4.78 is 9.52. The molecule has 0 saturated carbocycles. The molecule has 0 aliphatic carbocycles. The molecule has 1 amide bonds. The summed E-state index contributed by atoms with van der Waals surface area (Å²) in [6.45, 7) is 5.64. The van der Waals surface area contributed by atoms with Crippen molar-refractivity contribution in [1.29, 1.82) is 0 Å². The lowest BCUT2D eigenvalue weighted by atomic mass is 10.3. The Kier molecular flexibility index (Phi) is 6.73. The molecular weight excluding hydrogens is 338 g/mol. The van der Waals surface area contributed by atoms with E-state index in [0.29, 0.717) is 43.7 Å². The van der Waals surface area contributed by atoms with Crippen molar-refractivity contribution in [2.45, 2.75) is 45.8 Å². The smallest absolute Gasteiger partial charge is 0.332 e. The maximum absolute atomic E-state index is 12.3. The number of imidazole rings is 1. The number of hydrogen-bond acceptors (Lipinski definition) is 5. The van der Waals surface area contributed by atoms with E-state index >= 15 is 0 Å². The predicted octanol–water partition coefficient (Wildman–Crippen LogP) is 0.145. The lowest BCUT2D eigenvalue weighted by Gasteiger charge is -2.09. The van der Waals surface area contributed by atoms with E-state index in [9.17, 15) is 14.4 Å². The van der Waals surface area contributed by atoms with Crippen LogP contribution in [0, 0.1) is 0 Å². The molecule has 0 aromatic carbocycles. The highest BCUT2D eigenvalue weighted by atomic mass is 16.5. The predicted molar refractivity (Wildman–Crippen MR) is 98.2 cm³/mol. The van der Waals surface area contributed by atoms with Crippen LogP contribution in [0.5, 0.6) is 0 Å². The second-order valence-corrected chi connectivity index (χ2v) is 6.54. The van der Waals surface area contributed by atoms with Gasteiger partial charge < -0.3 is 14.6 Å². The Morgan fingerprint density at radius 2 is 1.96 bits per heavy atom. The molecule has 26 heavy (non-hydrogen) atoms. The van der Waals surface area contributed by atoms with E-state index in [2.05, 4.69) is 10.3 Å². The molecule has 0 fully saturated rings. The van der Waals surface area contributed by atoms with Gasteiger partial charge in [0.15, 0.2) is 11.2 Å². The van der Waals surface area contributed by atoms with E-state index in [-0.39, 0.29) is 17.6 Å². The van der Waals surface area contributed by atoms with E-state index in [1.54, 1.807) is 11.6 Å². The number of aryl methyl sites for hydroxylation is 2. The third-order valence-electron chi connectivity index (χ3n) is 4.11. The van der Waals surface area contributed by atoms with Crippen molar-refractivity contribution in [2.24, 2.45) is 14.1 Å². The number of carbonyl (C=O) groups excluding carboxylic acids is 1. The van der Waals surface area contributed by atoms with Gasteiger partial charge in [-0.15, -0.1) is 0 Å². The van der Waals surface area contributed by atoms with Crippen molar-refractivity contribution in [3.63, 3.8) is 0 Å². The van der Waals surface area contributed by atoms with E-state index in [0.717, 1.165) is 11.0 Å². The summed E-state index contributed by atoms with van der Waals surface area (Å²) in [5, 5.41) is 2.86. The molecule has 0 atom stereocenters. The first kappa shape index (κ1) is 19.9. The minimum Gasteiger partial charge on any atom is -0.379 e. The summed E-state index contributed by atoms with van der Waals surface area (Å²) in [5.41, 5.74) is -0.0580. The monoisotopic (exact) mass is 365 g/mol. The summed E-state index contributed by atoms with van der Waals surface area (Å²) in [6, 6.07) is 0. The number of fused-ring (bicyclic) bond motifs is 1. The van der Waals surface area contributed by atoms with Crippen LogP contribution in [-0.2, 0) is 30.2 Å². The number of aromatic nitrogens is 4. The zero-order valence-electron chi connectivity index (χ0n) is 15.8. The number of nitrogens with one attached hydrogen (secondary N) is 1. The number of nitrogens with zero attached hydrogens (tertiary/aromatic N) is 4. The quantitative estimate of drug-likeness (QED) is 0.638. The lowest BCUT2D eigenvalue weighted by molar-refractivity contribution is -0.121. The van der Waals surface area contributed by atoms with E-state index in [1.807, 2.05) is 13.8 Å². The Bertz CT molecular complexity index is 878. The standard InChI is InChI=1S/C17H27N5O4/c1-12(2)26-10-6-8-18-13(23)7-5-9-22-11-19-15-14(22)16(24)21(4)17(25)20(15)3/h11-12H,5-10H2,1-4H3,(H,18,23). The molecule has 9 nitrogen and oxygen atoms in total. The van der Waals surface area contributed by atoms with Gasteiger partial charge in [-0.25, -0.2) is 9.78 Å². The Morgan fingerprint density at radius 1 is 1.23 bits per heavy atom. The summed E-state index contributed by atoms with van der Waals surface area (Å²) in [4.78, 5) is 40.3. The van der Waals surface area contributed by atoms with Crippen molar-refractivity contribution >= 4 is 17.1 Å². The molecule has 0 radical (unpaired) electrons. The topological polar surface area (TPSA) is 100 Å². The van der Waals surface area contributed by atoms with Crippen LogP contribution in [0.25, 0.3) is 11.2 Å². The van der Waals surface area contributed by atoms with E-state index in [1.165, 1.54) is 17.9 Å². The SMILES string of the molecule is CC(C)OCCCNC(=O)CCCn1cnc2c1c(=O)n(C)c(=O)n2C. The molecule has 1 N–H and O–H groups in total. The zero-order valence-corrected chi connectivity index (χ0v) is 15.8. The van der Waals surface area contributed by atoms with Gasteiger partial charge >= 0.3 is 5.69 Å². The first-order chi connectivity index (χ1) is 12.3. The maximum atomic E-state index is 12.3. The van der Waals surface area contributed by atoms with Gasteiger partial charge in [-0.2, -0.15) is 0 Å². The number of amides is 1. The second-order valence-electron chi connectivity index (χ2n) is 6.54. The van der Waals surface area contributed by atoms with E-state index < -0.39 is 5.69 Å². The van der Waals surface area contributed by atoms with Gasteiger partial charge in [0.25, 0.3) is 5.56 Å². The highest BCUT2D eigenvalue weighted by Gasteiger charge is 2.14. The van der Waals surface area contributed by atoms with Crippen molar-refractivity contribution in [3.8, 4) is 0 Å². The van der Waals surface area contributed by atoms with Crippen LogP contribution in [0.4, 0.5) is 0 Å². The third-order valence-corrected chi connectivity index (χ3v) is 4.11. The fourth-order valence-electron chi connectivity index (χ4n) is 2.68. The van der Waals surface area contributed by atoms with Crippen LogP contribution in [0.1, 0.15) is 33.1 Å². The summed E-state index contributed by atoms with van der Waals surface area (Å²) in [5.74, 6) is -0.0285. The Morgan fingerprint density at radius 3 is 2.65 bits per heavy atom. The lowest BCUT2D eigenvalue weighted by Crippen LogP contribution is -2.37. The van der Waals surface area contributed by atoms with Gasteiger partial charge in [0, 0.05) is 40.2 Å². The van der Waals surface area contributed by atoms with Gasteiger partial charge in [-0.1, -0.05) is 0 Å². The van der Waals surface area contributed by atoms with Gasteiger partial charge in [0.05, 0.1) is 12.4 Å². The van der Waals surface area contributed by atoms with Gasteiger partial charge in [0.2, 0.25) is 5.91 Å². The number of ether oxygens (including phenoxy) is 1. The molecule has 2 heterocycles. The molecular formula is C17H27N5O4. The second kappa shape index (κ2) is 8.79. The van der Waals surface area contributed by atoms with E-state index in [4.69, 9.17) is 4.74 Å². The van der Waals surface area contributed by atoms with Crippen molar-refractivity contribution < 1.29 is 9.53 Å². The Hall–Kier alpha value is -2.42. The molecule has 0 saturated heterocycles. The maximum Gasteiger partial charge on any atom is 0.332 e. The number of carbonyl (C=O) groups is 1. The fraction of sp³-hybridized carbons (Fsp3) is 0.647. The first-order valence-corrected chi connectivity index (χ1v) is 8.82. The van der Waals surface area contributed by atoms with Gasteiger partial charge in [0.1, 0.15) is 0 Å². The minimum absolute atomic E-state index is 0.0285. The Labute approximate surface area is 151 Å². The molecule has 9 heteroatoms. The van der Waals surface area contributed by atoms with Crippen LogP contribution in [0.2, 0.25) is 0 Å². The van der Waals surface area contributed by atoms with Crippen LogP contribution in [0.3, 0.4) is 0 Å². The average Bonchev–Trinajstić information content (AvgIpc) is 3.01. The molecule has 0 aliphatic heterocycles. The highest BCUT2D eigenvalue weighted by Crippen LogP contribution is 2.07. The first-order valence-electron chi connectivity index (χ1n) is 8.82. The number of rotatable bonds is 9. The fourth-order valence-corrected chi connectivity index (χ4v) is 2.68. The molecule has 144 valence electrons. The third kappa shape index (κ3) is 4.60. The van der Waals surface area contributed by atoms with Crippen LogP contribution in [-0.4, -0.2) is 43.8 Å². The van der Waals surface area contributed by atoms with Gasteiger partial charge in [-0.05, 0) is 26.7 Å². The molecule has 2 rings (SSSR count). The van der Waals surface area contributed by atoms with Crippen LogP contribution < -0.4 is 16.6 Å². The minimum atomic E-state index is -0.409. The van der Waals surface area contributed by atoms with Crippen molar-refractivity contribution in [1.82, 2.24) is 24.0 Å². The van der Waals surface area contributed by atoms with Crippen molar-refractivity contribution in [3.05, 3.63) is 27.2 Å². The van der Waals surface area contributed by atoms with Crippen molar-refractivity contribution in [2.75, 3.05) is 13.2 Å². The molecule has 0 bridgehead atoms.